The zero-order chi connectivity index (χ0) is 43.1. The monoisotopic (exact) mass is 988 g/mol. The number of aromatic hydroxyl groups is 1. The number of rotatable bonds is 10. The number of nitrogens with zero attached hydrogens (tertiary/aromatic N) is 3. The molecule has 1 N–H and O–H groups in total. The van der Waals surface area contributed by atoms with Crippen LogP contribution in [0.2, 0.25) is 0 Å². The minimum absolute atomic E-state index is 0. The van der Waals surface area contributed by atoms with Gasteiger partial charge in [0.15, 0.2) is 0 Å². The molecule has 2 aromatic heterocycles. The molecule has 310 valence electrons. The van der Waals surface area contributed by atoms with Crippen LogP contribution in [-0.4, -0.2) is 19.6 Å². The number of aromatic nitrogens is 3. The Morgan fingerprint density at radius 3 is 1.82 bits per heavy atom. The molecule has 0 bridgehead atoms. The van der Waals surface area contributed by atoms with E-state index in [2.05, 4.69) is 166 Å². The molecule has 4 nitrogen and oxygen atoms in total. The third kappa shape index (κ3) is 8.20. The predicted molar refractivity (Wildman–Crippen MR) is 254 cm³/mol. The molecule has 0 amide bonds. The van der Waals surface area contributed by atoms with E-state index in [1.54, 1.807) is 0 Å². The average molecular weight is 989 g/mol. The molecule has 62 heavy (non-hydrogen) atoms. The van der Waals surface area contributed by atoms with Gasteiger partial charge in [0.05, 0.1) is 22.3 Å². The molecule has 0 spiro atoms. The number of imidazole rings is 1. The van der Waals surface area contributed by atoms with Crippen molar-refractivity contribution in [3.63, 3.8) is 0 Å². The quantitative estimate of drug-likeness (QED) is 0.139. The molecule has 0 aliphatic carbocycles. The van der Waals surface area contributed by atoms with Gasteiger partial charge in [-0.3, -0.25) is 9.55 Å². The number of fused-ring (bicyclic) bond motifs is 1. The van der Waals surface area contributed by atoms with Crippen LogP contribution in [0.1, 0.15) is 77.3 Å². The third-order valence-corrected chi connectivity index (χ3v) is 11.7. The smallest absolute Gasteiger partial charge is 0.148 e. The van der Waals surface area contributed by atoms with Gasteiger partial charge in [0.1, 0.15) is 11.6 Å². The Balaban J connectivity index is 0.00000544. The van der Waals surface area contributed by atoms with Crippen LogP contribution in [0.15, 0.2) is 170 Å². The summed E-state index contributed by atoms with van der Waals surface area (Å²) in [5.74, 6) is 0.360. The van der Waals surface area contributed by atoms with Gasteiger partial charge in [0.2, 0.25) is 0 Å². The summed E-state index contributed by atoms with van der Waals surface area (Å²) in [6.45, 7) is 12.5. The molecule has 0 unspecified atom stereocenters. The van der Waals surface area contributed by atoms with Crippen molar-refractivity contribution in [2.24, 2.45) is 0 Å². The van der Waals surface area contributed by atoms with Gasteiger partial charge in [-0.2, -0.15) is 0 Å². The molecule has 9 aromatic rings. The summed E-state index contributed by atoms with van der Waals surface area (Å²) >= 11 is 0. The maximum atomic E-state index is 12.3. The van der Waals surface area contributed by atoms with Crippen molar-refractivity contribution >= 4 is 11.0 Å². The van der Waals surface area contributed by atoms with Gasteiger partial charge in [-0.25, -0.2) is 4.98 Å². The van der Waals surface area contributed by atoms with E-state index in [0.717, 1.165) is 89.2 Å². The second-order valence-corrected chi connectivity index (χ2v) is 16.7. The predicted octanol–water partition coefficient (Wildman–Crippen LogP) is 15.3. The Labute approximate surface area is 381 Å². The first-order valence-electron chi connectivity index (χ1n) is 21.7. The van der Waals surface area contributed by atoms with E-state index in [0.29, 0.717) is 11.4 Å². The first-order chi connectivity index (χ1) is 29.9. The minimum atomic E-state index is -0.822. The number of pyridine rings is 1. The van der Waals surface area contributed by atoms with Gasteiger partial charge < -0.3 is 5.11 Å². The fourth-order valence-electron chi connectivity index (χ4n) is 8.29. The molecule has 0 aliphatic rings. The van der Waals surface area contributed by atoms with E-state index >= 15 is 0 Å². The standard InChI is InChI=1S/C57H50N3O.Pt/c1-36(2)42-25-26-53(50(32-42)41-21-14-9-15-22-41)60-54-24-16-23-48(55(54)59-57(60)51-34-44(37(3)4)33-49(38(5)6)56(51)61)46-29-45(40-19-12-8-13-20-40)30-47(31-46)52-35-43(27-28-58-52)39-17-10-7-11-18-39;/h7-30,32-38,61H,1-6H3;/q-1;/i36D;. The summed E-state index contributed by atoms with van der Waals surface area (Å²) in [4.78, 5) is 10.5. The normalized spacial score (nSPS) is 11.8. The maximum absolute atomic E-state index is 12.3. The van der Waals surface area contributed by atoms with Crippen LogP contribution in [-0.2, 0) is 21.1 Å². The molecule has 9 rings (SSSR count). The van der Waals surface area contributed by atoms with Crippen LogP contribution < -0.4 is 0 Å². The molecular weight excluding hydrogens is 938 g/mol. The molecule has 5 heteroatoms. The Morgan fingerprint density at radius 2 is 1.18 bits per heavy atom. The maximum Gasteiger partial charge on any atom is 0.148 e. The fourth-order valence-corrected chi connectivity index (χ4v) is 8.29. The van der Waals surface area contributed by atoms with E-state index in [-0.39, 0.29) is 38.7 Å². The Hall–Kier alpha value is -6.35. The summed E-state index contributed by atoms with van der Waals surface area (Å²) in [5.41, 5.74) is 16.0. The van der Waals surface area contributed by atoms with E-state index in [4.69, 9.17) is 11.3 Å². The Bertz CT molecular complexity index is 3060. The van der Waals surface area contributed by atoms with Gasteiger partial charge in [0, 0.05) is 39.9 Å². The molecule has 0 saturated heterocycles. The summed E-state index contributed by atoms with van der Waals surface area (Å²) in [6, 6.07) is 60.4. The molecule has 2 heterocycles. The Kier molecular flexibility index (Phi) is 11.9. The number of para-hydroxylation sites is 1. The second kappa shape index (κ2) is 17.9. The van der Waals surface area contributed by atoms with Crippen LogP contribution in [0.3, 0.4) is 0 Å². The second-order valence-electron chi connectivity index (χ2n) is 16.7. The molecule has 0 saturated carbocycles. The molecule has 0 fully saturated rings. The van der Waals surface area contributed by atoms with Crippen LogP contribution in [0.4, 0.5) is 0 Å². The number of benzene rings is 7. The number of phenols is 1. The van der Waals surface area contributed by atoms with Crippen molar-refractivity contribution in [1.82, 2.24) is 14.5 Å². The molecule has 0 atom stereocenters. The topological polar surface area (TPSA) is 50.9 Å². The number of hydrogen-bond donors (Lipinski definition) is 1. The van der Waals surface area contributed by atoms with Gasteiger partial charge in [-0.15, -0.1) is 23.8 Å². The molecular formula is C57H50N3OPt-. The molecule has 0 radical (unpaired) electrons. The van der Waals surface area contributed by atoms with E-state index < -0.39 is 5.89 Å². The first kappa shape index (κ1) is 41.0. The van der Waals surface area contributed by atoms with Gasteiger partial charge in [0.25, 0.3) is 0 Å². The van der Waals surface area contributed by atoms with Gasteiger partial charge in [-0.1, -0.05) is 180 Å². The Morgan fingerprint density at radius 1 is 0.548 bits per heavy atom. The zero-order valence-electron chi connectivity index (χ0n) is 36.9. The van der Waals surface area contributed by atoms with Crippen LogP contribution in [0.5, 0.6) is 5.75 Å². The summed E-state index contributed by atoms with van der Waals surface area (Å²) < 4.78 is 11.2. The van der Waals surface area contributed by atoms with Crippen molar-refractivity contribution in [2.45, 2.75) is 59.3 Å². The van der Waals surface area contributed by atoms with Crippen molar-refractivity contribution in [3.8, 4) is 78.6 Å². The van der Waals surface area contributed by atoms with Crippen molar-refractivity contribution < 1.29 is 27.5 Å². The first-order valence-corrected chi connectivity index (χ1v) is 21.2. The van der Waals surface area contributed by atoms with E-state index in [9.17, 15) is 5.11 Å². The summed E-state index contributed by atoms with van der Waals surface area (Å²) in [7, 11) is 0. The van der Waals surface area contributed by atoms with Gasteiger partial charge in [-0.05, 0) is 87.0 Å². The summed E-state index contributed by atoms with van der Waals surface area (Å²) in [6.07, 6.45) is 1.87. The number of phenolic OH excluding ortho intramolecular Hbond substituents is 1. The molecule has 7 aromatic carbocycles. The summed E-state index contributed by atoms with van der Waals surface area (Å²) in [5, 5.41) is 12.3. The van der Waals surface area contributed by atoms with E-state index in [1.165, 1.54) is 0 Å². The average Bonchev–Trinajstić information content (AvgIpc) is 3.68. The van der Waals surface area contributed by atoms with Crippen molar-refractivity contribution in [3.05, 3.63) is 193 Å². The number of hydrogen-bond acceptors (Lipinski definition) is 3. The van der Waals surface area contributed by atoms with Crippen molar-refractivity contribution in [2.75, 3.05) is 0 Å². The largest absolute Gasteiger partial charge is 0.507 e. The van der Waals surface area contributed by atoms with Gasteiger partial charge >= 0.3 is 0 Å². The third-order valence-electron chi connectivity index (χ3n) is 11.7. The van der Waals surface area contributed by atoms with Crippen LogP contribution in [0.25, 0.3) is 83.9 Å². The molecule has 0 aliphatic heterocycles. The zero-order valence-corrected chi connectivity index (χ0v) is 38.2. The van der Waals surface area contributed by atoms with Crippen LogP contribution >= 0.6 is 0 Å². The minimum Gasteiger partial charge on any atom is -0.507 e. The van der Waals surface area contributed by atoms with Crippen molar-refractivity contribution in [1.29, 1.82) is 0 Å². The SMILES string of the molecule is [2H]C(C)(C)c1ccc(-n2c(-c3cc(C(C)C)cc(C(C)C)c3O)nc3c(-c4[c-]c(-c5cc(-c6ccccc6)ccn5)cc(-c5ccccc5)c4)cccc32)c(-c2ccccc2)c1.[Pt]. The van der Waals surface area contributed by atoms with E-state index in [1.807, 2.05) is 56.4 Å². The fraction of sp³-hybridized carbons (Fsp3) is 0.158. The van der Waals surface area contributed by atoms with Crippen LogP contribution in [0, 0.1) is 6.07 Å².